The number of aryl methyl sites for hydroxylation is 2. The largest absolute Gasteiger partial charge is 0.120 e. The molecule has 0 nitrogen and oxygen atoms in total. The highest BCUT2D eigenvalue weighted by atomic mass is 35.5. The summed E-state index contributed by atoms with van der Waals surface area (Å²) in [5.74, 6) is 3.01. The zero-order chi connectivity index (χ0) is 10.7. The molecule has 0 bridgehead atoms. The molecule has 0 N–H and O–H groups in total. The van der Waals surface area contributed by atoms with Crippen molar-refractivity contribution in [2.24, 2.45) is 0 Å². The fourth-order valence-electron chi connectivity index (χ4n) is 1.47. The maximum Gasteiger partial charge on any atom is 0.0443 e. The predicted octanol–water partition coefficient (Wildman–Crippen LogP) is 4.08. The van der Waals surface area contributed by atoms with Gasteiger partial charge in [-0.1, -0.05) is 24.6 Å². The summed E-state index contributed by atoms with van der Waals surface area (Å²) in [5.41, 5.74) is 3.66. The first-order chi connectivity index (χ1) is 6.56. The molecule has 1 rings (SSSR count). The van der Waals surface area contributed by atoms with Crippen molar-refractivity contribution in [3.05, 3.63) is 33.8 Å². The maximum atomic E-state index is 6.16. The van der Waals surface area contributed by atoms with E-state index >= 15 is 0 Å². The Labute approximate surface area is 91.3 Å². The van der Waals surface area contributed by atoms with E-state index in [1.807, 2.05) is 6.07 Å². The van der Waals surface area contributed by atoms with Crippen molar-refractivity contribution in [2.45, 2.75) is 33.1 Å². The van der Waals surface area contributed by atoms with Gasteiger partial charge in [0.25, 0.3) is 0 Å². The maximum absolute atomic E-state index is 6.16. The Morgan fingerprint density at radius 1 is 1.36 bits per heavy atom. The molecule has 0 aliphatic carbocycles. The molecule has 0 aliphatic heterocycles. The molecule has 0 saturated carbocycles. The Bertz CT molecular complexity index is 372. The van der Waals surface area contributed by atoms with Crippen molar-refractivity contribution in [2.75, 3.05) is 0 Å². The van der Waals surface area contributed by atoms with Gasteiger partial charge in [-0.25, -0.2) is 0 Å². The quantitative estimate of drug-likeness (QED) is 0.640. The molecule has 0 spiro atoms. The van der Waals surface area contributed by atoms with Crippen LogP contribution in [0.15, 0.2) is 12.1 Å². The van der Waals surface area contributed by atoms with Crippen LogP contribution in [0.5, 0.6) is 0 Å². The van der Waals surface area contributed by atoms with E-state index < -0.39 is 0 Å². The molecule has 1 aromatic rings. The van der Waals surface area contributed by atoms with Gasteiger partial charge < -0.3 is 0 Å². The zero-order valence-electron chi connectivity index (χ0n) is 8.89. The lowest BCUT2D eigenvalue weighted by molar-refractivity contribution is 0.795. The van der Waals surface area contributed by atoms with Crippen LogP contribution in [-0.4, -0.2) is 0 Å². The average molecular weight is 207 g/mol. The normalized spacial score (nSPS) is 12.2. The van der Waals surface area contributed by atoms with Crippen LogP contribution >= 0.6 is 11.6 Å². The number of hydrogen-bond acceptors (Lipinski definition) is 0. The zero-order valence-corrected chi connectivity index (χ0v) is 9.65. The number of halogens is 1. The van der Waals surface area contributed by atoms with Crippen molar-refractivity contribution in [1.82, 2.24) is 0 Å². The summed E-state index contributed by atoms with van der Waals surface area (Å²) < 4.78 is 0. The van der Waals surface area contributed by atoms with Gasteiger partial charge in [-0.15, -0.1) is 12.3 Å². The van der Waals surface area contributed by atoms with Gasteiger partial charge in [0.2, 0.25) is 0 Å². The van der Waals surface area contributed by atoms with Gasteiger partial charge >= 0.3 is 0 Å². The monoisotopic (exact) mass is 206 g/mol. The number of terminal acetylenes is 1. The molecule has 74 valence electrons. The van der Waals surface area contributed by atoms with Gasteiger partial charge in [-0.2, -0.15) is 0 Å². The second-order valence-corrected chi connectivity index (χ2v) is 4.17. The Morgan fingerprint density at radius 2 is 1.93 bits per heavy atom. The van der Waals surface area contributed by atoms with Crippen molar-refractivity contribution >= 4 is 11.6 Å². The average Bonchev–Trinajstić information content (AvgIpc) is 2.11. The van der Waals surface area contributed by atoms with Crippen LogP contribution in [-0.2, 0) is 0 Å². The summed E-state index contributed by atoms with van der Waals surface area (Å²) in [6, 6.07) is 4.15. The lowest BCUT2D eigenvalue weighted by atomic mass is 9.95. The molecule has 0 aliphatic rings. The number of rotatable bonds is 2. The third-order valence-corrected chi connectivity index (χ3v) is 2.90. The lowest BCUT2D eigenvalue weighted by Crippen LogP contribution is -1.95. The molecule has 1 heteroatoms. The third kappa shape index (κ3) is 2.30. The Kier molecular flexibility index (Phi) is 3.61. The van der Waals surface area contributed by atoms with Gasteiger partial charge in [-0.3, -0.25) is 0 Å². The minimum Gasteiger partial charge on any atom is -0.120 e. The summed E-state index contributed by atoms with van der Waals surface area (Å²) in [7, 11) is 0. The van der Waals surface area contributed by atoms with Crippen molar-refractivity contribution in [1.29, 1.82) is 0 Å². The minimum atomic E-state index is 0.340. The molecular formula is C13H15Cl. The SMILES string of the molecule is C#CCC(C)c1cc(C)c(C)cc1Cl. The van der Waals surface area contributed by atoms with Crippen LogP contribution < -0.4 is 0 Å². The topological polar surface area (TPSA) is 0 Å². The molecule has 0 fully saturated rings. The van der Waals surface area contributed by atoms with Gasteiger partial charge in [0.1, 0.15) is 0 Å². The summed E-state index contributed by atoms with van der Waals surface area (Å²) in [5, 5.41) is 0.829. The predicted molar refractivity (Wildman–Crippen MR) is 62.8 cm³/mol. The Morgan fingerprint density at radius 3 is 2.50 bits per heavy atom. The van der Waals surface area contributed by atoms with Crippen molar-refractivity contribution in [3.63, 3.8) is 0 Å². The highest BCUT2D eigenvalue weighted by molar-refractivity contribution is 6.31. The van der Waals surface area contributed by atoms with E-state index in [9.17, 15) is 0 Å². The van der Waals surface area contributed by atoms with Crippen molar-refractivity contribution < 1.29 is 0 Å². The molecule has 0 aromatic heterocycles. The van der Waals surface area contributed by atoms with E-state index in [1.165, 1.54) is 11.1 Å². The molecule has 1 aromatic carbocycles. The molecular weight excluding hydrogens is 192 g/mol. The first-order valence-corrected chi connectivity index (χ1v) is 5.14. The minimum absolute atomic E-state index is 0.340. The van der Waals surface area contributed by atoms with Crippen LogP contribution in [0.1, 0.15) is 36.0 Å². The van der Waals surface area contributed by atoms with Crippen LogP contribution in [0.2, 0.25) is 5.02 Å². The molecule has 0 saturated heterocycles. The highest BCUT2D eigenvalue weighted by Gasteiger charge is 2.09. The summed E-state index contributed by atoms with van der Waals surface area (Å²) in [6.07, 6.45) is 6.03. The first-order valence-electron chi connectivity index (χ1n) is 4.76. The fourth-order valence-corrected chi connectivity index (χ4v) is 1.87. The van der Waals surface area contributed by atoms with E-state index in [0.717, 1.165) is 17.0 Å². The standard InChI is InChI=1S/C13H15Cl/c1-5-6-9(2)12-7-10(3)11(4)8-13(12)14/h1,7-9H,6H2,2-4H3. The smallest absolute Gasteiger partial charge is 0.0443 e. The van der Waals surface area contributed by atoms with Gasteiger partial charge in [0.15, 0.2) is 0 Å². The van der Waals surface area contributed by atoms with E-state index in [-0.39, 0.29) is 0 Å². The third-order valence-electron chi connectivity index (χ3n) is 2.57. The first kappa shape index (κ1) is 11.1. The molecule has 1 atom stereocenters. The van der Waals surface area contributed by atoms with E-state index in [4.69, 9.17) is 18.0 Å². The van der Waals surface area contributed by atoms with Crippen LogP contribution in [0.25, 0.3) is 0 Å². The molecule has 0 radical (unpaired) electrons. The van der Waals surface area contributed by atoms with Gasteiger partial charge in [0, 0.05) is 11.4 Å². The van der Waals surface area contributed by atoms with Crippen LogP contribution in [0.3, 0.4) is 0 Å². The summed E-state index contributed by atoms with van der Waals surface area (Å²) in [4.78, 5) is 0. The molecule has 0 heterocycles. The number of hydrogen-bond donors (Lipinski definition) is 0. The van der Waals surface area contributed by atoms with Gasteiger partial charge in [-0.05, 0) is 42.5 Å². The summed E-state index contributed by atoms with van der Waals surface area (Å²) in [6.45, 7) is 6.27. The molecule has 0 amide bonds. The van der Waals surface area contributed by atoms with E-state index in [2.05, 4.69) is 32.8 Å². The number of benzene rings is 1. The van der Waals surface area contributed by atoms with E-state index in [1.54, 1.807) is 0 Å². The van der Waals surface area contributed by atoms with Gasteiger partial charge in [0.05, 0.1) is 0 Å². The van der Waals surface area contributed by atoms with Crippen LogP contribution in [0, 0.1) is 26.2 Å². The highest BCUT2D eigenvalue weighted by Crippen LogP contribution is 2.29. The second kappa shape index (κ2) is 4.53. The Hall–Kier alpha value is -0.930. The van der Waals surface area contributed by atoms with Crippen molar-refractivity contribution in [3.8, 4) is 12.3 Å². The van der Waals surface area contributed by atoms with Crippen LogP contribution in [0.4, 0.5) is 0 Å². The molecule has 14 heavy (non-hydrogen) atoms. The summed E-state index contributed by atoms with van der Waals surface area (Å²) >= 11 is 6.16. The Balaban J connectivity index is 3.10. The second-order valence-electron chi connectivity index (χ2n) is 3.77. The fraction of sp³-hybridized carbons (Fsp3) is 0.385. The molecule has 1 unspecified atom stereocenters. The lowest BCUT2D eigenvalue weighted by Gasteiger charge is -2.13. The van der Waals surface area contributed by atoms with E-state index in [0.29, 0.717) is 5.92 Å².